The molecule has 1 saturated heterocycles. The molecule has 2 atom stereocenters. The number of ketones is 1. The van der Waals surface area contributed by atoms with E-state index in [4.69, 9.17) is 0 Å². The summed E-state index contributed by atoms with van der Waals surface area (Å²) in [5, 5.41) is 0. The Balaban J connectivity index is 1.49. The minimum Gasteiger partial charge on any atom is -0.312 e. The van der Waals surface area contributed by atoms with Crippen LogP contribution in [0, 0.1) is 29.9 Å². The van der Waals surface area contributed by atoms with Crippen LogP contribution in [0.1, 0.15) is 54.7 Å². The molecule has 1 spiro atoms. The fraction of sp³-hybridized carbons (Fsp3) is 0.455. The van der Waals surface area contributed by atoms with Crippen molar-refractivity contribution in [2.45, 2.75) is 45.4 Å². The van der Waals surface area contributed by atoms with Gasteiger partial charge >= 0.3 is 0 Å². The van der Waals surface area contributed by atoms with E-state index >= 15 is 0 Å². The van der Waals surface area contributed by atoms with E-state index < -0.39 is 17.0 Å². The maximum Gasteiger partial charge on any atom is 0.233 e. The van der Waals surface area contributed by atoms with Gasteiger partial charge in [-0.25, -0.2) is 13.8 Å². The Morgan fingerprint density at radius 1 is 1.21 bits per heavy atom. The van der Waals surface area contributed by atoms with E-state index in [2.05, 4.69) is 9.97 Å². The predicted molar refractivity (Wildman–Crippen MR) is 103 cm³/mol. The van der Waals surface area contributed by atoms with Crippen molar-refractivity contribution < 1.29 is 18.4 Å². The lowest BCUT2D eigenvalue weighted by atomic mass is 9.67. The molecular formula is C22H23F2N3O2. The quantitative estimate of drug-likeness (QED) is 0.721. The summed E-state index contributed by atoms with van der Waals surface area (Å²) >= 11 is 0. The van der Waals surface area contributed by atoms with Crippen LogP contribution < -0.4 is 4.90 Å². The smallest absolute Gasteiger partial charge is 0.233 e. The highest BCUT2D eigenvalue weighted by Crippen LogP contribution is 2.48. The molecule has 1 aliphatic heterocycles. The number of aryl methyl sites for hydroxylation is 1. The largest absolute Gasteiger partial charge is 0.312 e. The van der Waals surface area contributed by atoms with Crippen molar-refractivity contribution in [2.75, 3.05) is 11.4 Å². The van der Waals surface area contributed by atoms with Gasteiger partial charge in [-0.15, -0.1) is 0 Å². The van der Waals surface area contributed by atoms with Gasteiger partial charge in [0.05, 0.1) is 17.3 Å². The fourth-order valence-electron chi connectivity index (χ4n) is 4.81. The van der Waals surface area contributed by atoms with Gasteiger partial charge in [0.25, 0.3) is 0 Å². The maximum atomic E-state index is 13.6. The molecule has 1 amide bonds. The number of benzene rings is 1. The molecule has 7 heteroatoms. The number of Topliss-reactive ketones (excluding diaryl/α,β-unsaturated/α-hetero) is 1. The van der Waals surface area contributed by atoms with E-state index in [1.54, 1.807) is 13.1 Å². The van der Waals surface area contributed by atoms with Crippen LogP contribution in [0.2, 0.25) is 0 Å². The lowest BCUT2D eigenvalue weighted by Crippen LogP contribution is -2.38. The number of aromatic nitrogens is 2. The number of amides is 1. The van der Waals surface area contributed by atoms with Crippen molar-refractivity contribution in [2.24, 2.45) is 11.3 Å². The van der Waals surface area contributed by atoms with E-state index in [0.717, 1.165) is 25.3 Å². The summed E-state index contributed by atoms with van der Waals surface area (Å²) in [6.07, 6.45) is 7.16. The minimum atomic E-state index is -0.694. The van der Waals surface area contributed by atoms with Crippen LogP contribution in [-0.4, -0.2) is 28.2 Å². The SMILES string of the molecule is Cc1cncc(C(=O)C[C@H]2CCC[C@]3(CCN(c4cc(F)cc(F)c4)C3=O)C2)n1. The lowest BCUT2D eigenvalue weighted by molar-refractivity contribution is -0.128. The summed E-state index contributed by atoms with van der Waals surface area (Å²) in [6.45, 7) is 2.23. The second kappa shape index (κ2) is 7.61. The first-order valence-electron chi connectivity index (χ1n) is 9.96. The topological polar surface area (TPSA) is 63.2 Å². The number of halogens is 2. The Hall–Kier alpha value is -2.70. The third-order valence-corrected chi connectivity index (χ3v) is 6.13. The Labute approximate surface area is 168 Å². The zero-order valence-corrected chi connectivity index (χ0v) is 16.3. The maximum absolute atomic E-state index is 13.6. The van der Waals surface area contributed by atoms with Crippen LogP contribution >= 0.6 is 0 Å². The van der Waals surface area contributed by atoms with Crippen molar-refractivity contribution in [1.82, 2.24) is 9.97 Å². The molecule has 1 aromatic heterocycles. The van der Waals surface area contributed by atoms with Gasteiger partial charge in [0, 0.05) is 30.9 Å². The standard InChI is InChI=1S/C22H23F2N3O2/c1-14-12-25-13-19(26-14)20(28)7-15-3-2-4-22(11-15)5-6-27(21(22)29)18-9-16(23)8-17(24)10-18/h8-10,12-13,15H,2-7,11H2,1H3/t15-,22+/m1/s1. The Morgan fingerprint density at radius 2 is 1.97 bits per heavy atom. The van der Waals surface area contributed by atoms with Crippen LogP contribution in [0.25, 0.3) is 0 Å². The molecule has 2 fully saturated rings. The molecule has 2 aromatic rings. The number of carbonyl (C=O) groups is 2. The third kappa shape index (κ3) is 3.91. The molecule has 1 saturated carbocycles. The fourth-order valence-corrected chi connectivity index (χ4v) is 4.81. The number of carbonyl (C=O) groups excluding carboxylic acids is 2. The van der Waals surface area contributed by atoms with Crippen molar-refractivity contribution in [3.05, 3.63) is 53.6 Å². The first-order valence-corrected chi connectivity index (χ1v) is 9.96. The number of anilines is 1. The first kappa shape index (κ1) is 19.6. The molecule has 29 heavy (non-hydrogen) atoms. The molecular weight excluding hydrogens is 376 g/mol. The highest BCUT2D eigenvalue weighted by molar-refractivity contribution is 6.00. The van der Waals surface area contributed by atoms with Crippen molar-refractivity contribution in [1.29, 1.82) is 0 Å². The van der Waals surface area contributed by atoms with E-state index in [9.17, 15) is 18.4 Å². The third-order valence-electron chi connectivity index (χ3n) is 6.13. The average molecular weight is 399 g/mol. The van der Waals surface area contributed by atoms with Crippen LogP contribution in [0.4, 0.5) is 14.5 Å². The van der Waals surface area contributed by atoms with Gasteiger partial charge in [0.2, 0.25) is 5.91 Å². The second-order valence-electron chi connectivity index (χ2n) is 8.25. The molecule has 152 valence electrons. The van der Waals surface area contributed by atoms with Gasteiger partial charge in [-0.05, 0) is 50.7 Å². The normalized spacial score (nSPS) is 24.3. The van der Waals surface area contributed by atoms with Gasteiger partial charge in [0.1, 0.15) is 17.3 Å². The van der Waals surface area contributed by atoms with Crippen LogP contribution in [-0.2, 0) is 4.79 Å². The number of rotatable bonds is 4. The number of hydrogen-bond acceptors (Lipinski definition) is 4. The molecule has 0 N–H and O–H groups in total. The van der Waals surface area contributed by atoms with Crippen LogP contribution in [0.5, 0.6) is 0 Å². The molecule has 2 heterocycles. The highest BCUT2D eigenvalue weighted by atomic mass is 19.1. The zero-order valence-electron chi connectivity index (χ0n) is 16.3. The summed E-state index contributed by atoms with van der Waals surface area (Å²) in [7, 11) is 0. The first-order chi connectivity index (χ1) is 13.9. The summed E-state index contributed by atoms with van der Waals surface area (Å²) in [5.74, 6) is -1.44. The molecule has 1 aromatic carbocycles. The van der Waals surface area contributed by atoms with Crippen molar-refractivity contribution >= 4 is 17.4 Å². The predicted octanol–water partition coefficient (Wildman–Crippen LogP) is 4.25. The van der Waals surface area contributed by atoms with E-state index in [-0.39, 0.29) is 23.3 Å². The minimum absolute atomic E-state index is 0.0576. The average Bonchev–Trinajstić information content (AvgIpc) is 2.97. The van der Waals surface area contributed by atoms with Gasteiger partial charge in [-0.3, -0.25) is 14.6 Å². The van der Waals surface area contributed by atoms with E-state index in [1.807, 2.05) is 0 Å². The van der Waals surface area contributed by atoms with Gasteiger partial charge in [-0.2, -0.15) is 0 Å². The van der Waals surface area contributed by atoms with Gasteiger partial charge < -0.3 is 4.90 Å². The second-order valence-corrected chi connectivity index (χ2v) is 8.25. The summed E-state index contributed by atoms with van der Waals surface area (Å²) in [4.78, 5) is 35.6. The lowest BCUT2D eigenvalue weighted by Gasteiger charge is -2.36. The highest BCUT2D eigenvalue weighted by Gasteiger charge is 2.49. The summed E-state index contributed by atoms with van der Waals surface area (Å²) in [6, 6.07) is 3.19. The molecule has 0 radical (unpaired) electrons. The van der Waals surface area contributed by atoms with Gasteiger partial charge in [0.15, 0.2) is 5.78 Å². The molecule has 0 unspecified atom stereocenters. The van der Waals surface area contributed by atoms with E-state index in [1.165, 1.54) is 23.2 Å². The van der Waals surface area contributed by atoms with E-state index in [0.29, 0.717) is 37.2 Å². The molecule has 0 bridgehead atoms. The number of nitrogens with zero attached hydrogens (tertiary/aromatic N) is 3. The summed E-state index contributed by atoms with van der Waals surface area (Å²) in [5.41, 5.74) is 0.765. The van der Waals surface area contributed by atoms with Crippen LogP contribution in [0.15, 0.2) is 30.6 Å². The van der Waals surface area contributed by atoms with Crippen molar-refractivity contribution in [3.8, 4) is 0 Å². The van der Waals surface area contributed by atoms with Crippen molar-refractivity contribution in [3.63, 3.8) is 0 Å². The summed E-state index contributed by atoms with van der Waals surface area (Å²) < 4.78 is 27.2. The van der Waals surface area contributed by atoms with Crippen LogP contribution in [0.3, 0.4) is 0 Å². The molecule has 1 aliphatic carbocycles. The zero-order chi connectivity index (χ0) is 20.6. The monoisotopic (exact) mass is 399 g/mol. The Morgan fingerprint density at radius 3 is 2.69 bits per heavy atom. The number of hydrogen-bond donors (Lipinski definition) is 0. The Kier molecular flexibility index (Phi) is 5.15. The Bertz CT molecular complexity index is 945. The molecule has 2 aliphatic rings. The van der Waals surface area contributed by atoms with Gasteiger partial charge in [-0.1, -0.05) is 6.42 Å². The molecule has 4 rings (SSSR count). The molecule has 5 nitrogen and oxygen atoms in total.